The Morgan fingerprint density at radius 1 is 1.77 bits per heavy atom. The minimum Gasteiger partial charge on any atom is -0.481 e. The molecule has 1 N–H and O–H groups in total. The lowest BCUT2D eigenvalue weighted by molar-refractivity contribution is -0.152. The van der Waals surface area contributed by atoms with Gasteiger partial charge in [-0.2, -0.15) is 0 Å². The van der Waals surface area contributed by atoms with Crippen LogP contribution in [0.2, 0.25) is 0 Å². The van der Waals surface area contributed by atoms with Crippen molar-refractivity contribution in [2.45, 2.75) is 31.8 Å². The van der Waals surface area contributed by atoms with Crippen molar-refractivity contribution in [3.8, 4) is 0 Å². The maximum absolute atomic E-state index is 11.0. The molecule has 2 atom stereocenters. The van der Waals surface area contributed by atoms with E-state index < -0.39 is 11.4 Å². The number of aliphatic carboxylic acids is 1. The Balaban J connectivity index is 2.69. The van der Waals surface area contributed by atoms with Crippen molar-refractivity contribution in [3.05, 3.63) is 0 Å². The summed E-state index contributed by atoms with van der Waals surface area (Å²) in [7, 11) is 1.62. The molecule has 1 aliphatic rings. The third-order valence-electron chi connectivity index (χ3n) is 2.84. The van der Waals surface area contributed by atoms with Crippen LogP contribution in [-0.2, 0) is 9.53 Å². The van der Waals surface area contributed by atoms with Crippen LogP contribution in [0.4, 0.5) is 0 Å². The highest BCUT2D eigenvalue weighted by Gasteiger charge is 2.42. The fraction of sp³-hybridized carbons (Fsp3) is 0.889. The maximum Gasteiger partial charge on any atom is 0.310 e. The largest absolute Gasteiger partial charge is 0.481 e. The molecule has 2 unspecified atom stereocenters. The van der Waals surface area contributed by atoms with Crippen molar-refractivity contribution in [1.82, 2.24) is 0 Å². The molecule has 1 rings (SSSR count). The molecule has 4 heteroatoms. The molecule has 1 fully saturated rings. The van der Waals surface area contributed by atoms with Crippen LogP contribution in [0.3, 0.4) is 0 Å². The van der Waals surface area contributed by atoms with E-state index in [9.17, 15) is 4.79 Å². The number of ether oxygens (including phenoxy) is 1. The van der Waals surface area contributed by atoms with Gasteiger partial charge in [0.05, 0.1) is 11.5 Å². The van der Waals surface area contributed by atoms with E-state index >= 15 is 0 Å². The Kier molecular flexibility index (Phi) is 3.56. The average Bonchev–Trinajstić information content (AvgIpc) is 2.17. The van der Waals surface area contributed by atoms with Crippen LogP contribution in [-0.4, -0.2) is 30.2 Å². The van der Waals surface area contributed by atoms with Crippen molar-refractivity contribution >= 4 is 17.6 Å². The summed E-state index contributed by atoms with van der Waals surface area (Å²) in [6, 6.07) is 0. The monoisotopic (exact) mass is 206 g/mol. The average molecular weight is 207 g/mol. The van der Waals surface area contributed by atoms with E-state index in [1.54, 1.807) is 7.11 Å². The number of carbonyl (C=O) groups is 1. The molecule has 13 heavy (non-hydrogen) atoms. The molecule has 3 nitrogen and oxygen atoms in total. The van der Waals surface area contributed by atoms with Gasteiger partial charge >= 0.3 is 5.97 Å². The molecule has 0 bridgehead atoms. The third kappa shape index (κ3) is 2.15. The first-order valence-corrected chi connectivity index (χ1v) is 5.00. The highest BCUT2D eigenvalue weighted by Crippen LogP contribution is 2.38. The van der Waals surface area contributed by atoms with Crippen LogP contribution in [0.5, 0.6) is 0 Å². The first-order valence-electron chi connectivity index (χ1n) is 4.47. The zero-order chi connectivity index (χ0) is 9.90. The summed E-state index contributed by atoms with van der Waals surface area (Å²) in [5.74, 6) is -0.605. The number of rotatable bonds is 3. The Labute approximate surface area is 83.0 Å². The Hall–Kier alpha value is -0.280. The number of methoxy groups -OCH3 is 1. The van der Waals surface area contributed by atoms with Gasteiger partial charge in [0.2, 0.25) is 0 Å². The van der Waals surface area contributed by atoms with Gasteiger partial charge in [0.25, 0.3) is 0 Å². The van der Waals surface area contributed by atoms with Crippen LogP contribution in [0.25, 0.3) is 0 Å². The molecule has 0 radical (unpaired) electrons. The minimum atomic E-state index is -0.788. The molecule has 1 aliphatic carbocycles. The lowest BCUT2D eigenvalue weighted by Gasteiger charge is -2.35. The van der Waals surface area contributed by atoms with Crippen molar-refractivity contribution < 1.29 is 14.6 Å². The number of hydrogen-bond acceptors (Lipinski definition) is 2. The molecule has 0 aliphatic heterocycles. The Morgan fingerprint density at radius 2 is 2.46 bits per heavy atom. The third-order valence-corrected chi connectivity index (χ3v) is 3.35. The second kappa shape index (κ2) is 4.29. The van der Waals surface area contributed by atoms with E-state index in [2.05, 4.69) is 0 Å². The molecular formula is C9H15ClO3. The van der Waals surface area contributed by atoms with Gasteiger partial charge in [-0.15, -0.1) is 11.6 Å². The predicted molar refractivity (Wildman–Crippen MR) is 50.1 cm³/mol. The van der Waals surface area contributed by atoms with Gasteiger partial charge in [-0.05, 0) is 25.7 Å². The van der Waals surface area contributed by atoms with Crippen molar-refractivity contribution in [1.29, 1.82) is 0 Å². The fourth-order valence-corrected chi connectivity index (χ4v) is 2.24. The molecule has 1 saturated carbocycles. The fourth-order valence-electron chi connectivity index (χ4n) is 1.88. The molecule has 0 saturated heterocycles. The first kappa shape index (κ1) is 10.8. The number of hydrogen-bond donors (Lipinski definition) is 1. The summed E-state index contributed by atoms with van der Waals surface area (Å²) in [5.41, 5.74) is -0.750. The topological polar surface area (TPSA) is 46.5 Å². The van der Waals surface area contributed by atoms with Crippen molar-refractivity contribution in [2.24, 2.45) is 5.41 Å². The quantitative estimate of drug-likeness (QED) is 0.718. The number of carboxylic acids is 1. The summed E-state index contributed by atoms with van der Waals surface area (Å²) in [4.78, 5) is 11.0. The van der Waals surface area contributed by atoms with Gasteiger partial charge in [-0.1, -0.05) is 0 Å². The standard InChI is InChI=1S/C9H15ClO3/c1-13-7-3-2-4-9(5-7,6-10)8(11)12/h7H,2-6H2,1H3,(H,11,12). The minimum absolute atomic E-state index is 0.0589. The molecule has 0 aromatic carbocycles. The first-order chi connectivity index (χ1) is 6.14. The van der Waals surface area contributed by atoms with Crippen molar-refractivity contribution in [2.75, 3.05) is 13.0 Å². The van der Waals surface area contributed by atoms with Crippen molar-refractivity contribution in [3.63, 3.8) is 0 Å². The lowest BCUT2D eigenvalue weighted by atomic mass is 9.74. The smallest absolute Gasteiger partial charge is 0.310 e. The molecule has 0 heterocycles. The molecule has 0 aromatic rings. The lowest BCUT2D eigenvalue weighted by Crippen LogP contribution is -2.40. The molecule has 76 valence electrons. The van der Waals surface area contributed by atoms with E-state index in [1.165, 1.54) is 0 Å². The Bertz CT molecular complexity index is 195. The summed E-state index contributed by atoms with van der Waals surface area (Å²) < 4.78 is 5.18. The van der Waals surface area contributed by atoms with E-state index in [-0.39, 0.29) is 12.0 Å². The summed E-state index contributed by atoms with van der Waals surface area (Å²) >= 11 is 5.72. The second-order valence-corrected chi connectivity index (χ2v) is 3.94. The molecule has 0 amide bonds. The van der Waals surface area contributed by atoms with Crippen LogP contribution < -0.4 is 0 Å². The van der Waals surface area contributed by atoms with Gasteiger partial charge in [-0.25, -0.2) is 0 Å². The highest BCUT2D eigenvalue weighted by molar-refractivity contribution is 6.19. The molecule has 0 aromatic heterocycles. The predicted octanol–water partition coefficient (Wildman–Crippen LogP) is 1.89. The maximum atomic E-state index is 11.0. The van der Waals surface area contributed by atoms with Crippen LogP contribution >= 0.6 is 11.6 Å². The van der Waals surface area contributed by atoms with E-state index in [0.29, 0.717) is 12.8 Å². The second-order valence-electron chi connectivity index (χ2n) is 3.67. The highest BCUT2D eigenvalue weighted by atomic mass is 35.5. The van der Waals surface area contributed by atoms with Gasteiger partial charge in [0.1, 0.15) is 0 Å². The Morgan fingerprint density at radius 3 is 2.92 bits per heavy atom. The zero-order valence-corrected chi connectivity index (χ0v) is 8.51. The van der Waals surface area contributed by atoms with E-state index in [0.717, 1.165) is 12.8 Å². The number of halogens is 1. The normalized spacial score (nSPS) is 34.5. The van der Waals surface area contributed by atoms with E-state index in [1.807, 2.05) is 0 Å². The summed E-state index contributed by atoms with van der Waals surface area (Å²) in [5, 5.41) is 9.06. The van der Waals surface area contributed by atoms with Gasteiger partial charge in [-0.3, -0.25) is 4.79 Å². The summed E-state index contributed by atoms with van der Waals surface area (Å²) in [6.45, 7) is 0. The van der Waals surface area contributed by atoms with E-state index in [4.69, 9.17) is 21.4 Å². The van der Waals surface area contributed by atoms with Gasteiger partial charge in [0, 0.05) is 13.0 Å². The summed E-state index contributed by atoms with van der Waals surface area (Å²) in [6.07, 6.45) is 3.11. The molecule has 0 spiro atoms. The number of carboxylic acid groups (broad SMARTS) is 1. The zero-order valence-electron chi connectivity index (χ0n) is 7.75. The molecular weight excluding hydrogens is 192 g/mol. The van der Waals surface area contributed by atoms with Crippen LogP contribution in [0, 0.1) is 5.41 Å². The van der Waals surface area contributed by atoms with Gasteiger partial charge in [0.15, 0.2) is 0 Å². The number of alkyl halides is 1. The van der Waals surface area contributed by atoms with Crippen LogP contribution in [0.1, 0.15) is 25.7 Å². The SMILES string of the molecule is COC1CCCC(CCl)(C(=O)O)C1. The van der Waals surface area contributed by atoms with Gasteiger partial charge < -0.3 is 9.84 Å². The van der Waals surface area contributed by atoms with Crippen LogP contribution in [0.15, 0.2) is 0 Å².